The van der Waals surface area contributed by atoms with E-state index in [-0.39, 0.29) is 4.90 Å². The molecule has 6 aromatic carbocycles. The van der Waals surface area contributed by atoms with E-state index in [9.17, 15) is 13.0 Å². The summed E-state index contributed by atoms with van der Waals surface area (Å²) in [6.45, 7) is 0. The summed E-state index contributed by atoms with van der Waals surface area (Å²) in [5.74, 6) is 0. The molecule has 0 radical (unpaired) electrons. The summed E-state index contributed by atoms with van der Waals surface area (Å²) in [4.78, 5) is -0.157. The van der Waals surface area contributed by atoms with Gasteiger partial charge in [0.2, 0.25) is 0 Å². The molecule has 0 aliphatic rings. The highest BCUT2D eigenvalue weighted by atomic mass is 32.2. The Balaban J connectivity index is 0.000000186. The molecule has 3 nitrogen and oxygen atoms in total. The Labute approximate surface area is 229 Å². The van der Waals surface area contributed by atoms with Crippen LogP contribution in [0.2, 0.25) is 0 Å². The quantitative estimate of drug-likeness (QED) is 0.212. The number of benzene rings is 6. The molecule has 0 aromatic heterocycles. The van der Waals surface area contributed by atoms with E-state index >= 15 is 0 Å². The third kappa shape index (κ3) is 6.68. The van der Waals surface area contributed by atoms with E-state index in [2.05, 4.69) is 109 Å². The lowest BCUT2D eigenvalue weighted by Crippen LogP contribution is -1.98. The maximum Gasteiger partial charge on any atom is 0.125 e. The van der Waals surface area contributed by atoms with E-state index < -0.39 is 10.1 Å². The summed E-state index contributed by atoms with van der Waals surface area (Å²) in [6.07, 6.45) is 0.962. The number of hydrogen-bond acceptors (Lipinski definition) is 3. The largest absolute Gasteiger partial charge is 0.744 e. The zero-order valence-corrected chi connectivity index (χ0v) is 22.1. The first kappa shape index (κ1) is 26.1. The van der Waals surface area contributed by atoms with E-state index in [1.54, 1.807) is 36.4 Å². The molecule has 6 aromatic rings. The summed E-state index contributed by atoms with van der Waals surface area (Å²) in [5.41, 5.74) is 7.74. The Morgan fingerprint density at radius 3 is 1.33 bits per heavy atom. The van der Waals surface area contributed by atoms with Crippen molar-refractivity contribution in [1.82, 2.24) is 0 Å². The van der Waals surface area contributed by atoms with Gasteiger partial charge >= 0.3 is 0 Å². The predicted octanol–water partition coefficient (Wildman–Crippen LogP) is 8.36. The SMILES string of the molecule is O=S(=O)([O-])c1cccc2ccccc12.c1ccc(-c2ccc(Cc3ccc(-c4ccccc4)cc3)cc2)cc1. The van der Waals surface area contributed by atoms with Gasteiger partial charge in [-0.15, -0.1) is 0 Å². The van der Waals surface area contributed by atoms with Crippen molar-refractivity contribution in [3.63, 3.8) is 0 Å². The molecular formula is C35H27O3S-. The van der Waals surface area contributed by atoms with Gasteiger partial charge in [0.1, 0.15) is 10.1 Å². The van der Waals surface area contributed by atoms with E-state index in [4.69, 9.17) is 0 Å². The second-order valence-corrected chi connectivity index (χ2v) is 10.6. The second kappa shape index (κ2) is 11.9. The monoisotopic (exact) mass is 527 g/mol. The van der Waals surface area contributed by atoms with Crippen molar-refractivity contribution >= 4 is 20.9 Å². The van der Waals surface area contributed by atoms with Crippen LogP contribution in [0, 0.1) is 0 Å². The van der Waals surface area contributed by atoms with Crippen LogP contribution in [-0.2, 0) is 16.5 Å². The lowest BCUT2D eigenvalue weighted by molar-refractivity contribution is 0.464. The summed E-state index contributed by atoms with van der Waals surface area (Å²) < 4.78 is 32.7. The van der Waals surface area contributed by atoms with Crippen LogP contribution in [0.1, 0.15) is 11.1 Å². The Hall–Kier alpha value is -4.51. The third-order valence-electron chi connectivity index (χ3n) is 6.55. The van der Waals surface area contributed by atoms with Crippen LogP contribution in [-0.4, -0.2) is 13.0 Å². The average molecular weight is 528 g/mol. The maximum atomic E-state index is 10.9. The van der Waals surface area contributed by atoms with Crippen molar-refractivity contribution < 1.29 is 13.0 Å². The van der Waals surface area contributed by atoms with Gasteiger partial charge in [-0.1, -0.05) is 146 Å². The smallest absolute Gasteiger partial charge is 0.125 e. The summed E-state index contributed by atoms with van der Waals surface area (Å²) in [6, 6.07) is 50.3. The molecule has 6 rings (SSSR count). The highest BCUT2D eigenvalue weighted by Crippen LogP contribution is 2.23. The summed E-state index contributed by atoms with van der Waals surface area (Å²) in [7, 11) is -4.38. The minimum atomic E-state index is -4.38. The molecule has 0 bridgehead atoms. The van der Waals surface area contributed by atoms with Crippen LogP contribution in [0.15, 0.2) is 157 Å². The fraction of sp³-hybridized carbons (Fsp3) is 0.0286. The Morgan fingerprint density at radius 2 is 0.846 bits per heavy atom. The van der Waals surface area contributed by atoms with Crippen molar-refractivity contribution in [2.24, 2.45) is 0 Å². The molecule has 192 valence electrons. The van der Waals surface area contributed by atoms with Gasteiger partial charge in [-0.25, -0.2) is 8.42 Å². The van der Waals surface area contributed by atoms with Crippen molar-refractivity contribution in [2.45, 2.75) is 11.3 Å². The van der Waals surface area contributed by atoms with E-state index in [1.165, 1.54) is 39.4 Å². The fourth-order valence-electron chi connectivity index (χ4n) is 4.54. The van der Waals surface area contributed by atoms with E-state index in [0.717, 1.165) is 11.8 Å². The van der Waals surface area contributed by atoms with Crippen LogP contribution < -0.4 is 0 Å². The standard InChI is InChI=1S/C25H20.C10H8O3S/c1-3-7-22(8-4-1)24-15-11-20(12-16-24)19-21-13-17-25(18-14-21)23-9-5-2-6-10-23;11-14(12,13)10-7-3-5-8-4-1-2-6-9(8)10/h1-18H,19H2;1-7H,(H,11,12,13)/p-1. The number of rotatable bonds is 5. The van der Waals surface area contributed by atoms with Crippen molar-refractivity contribution in [1.29, 1.82) is 0 Å². The highest BCUT2D eigenvalue weighted by molar-refractivity contribution is 7.86. The topological polar surface area (TPSA) is 57.2 Å². The maximum absolute atomic E-state index is 10.9. The van der Waals surface area contributed by atoms with Crippen molar-refractivity contribution in [3.05, 3.63) is 163 Å². The van der Waals surface area contributed by atoms with E-state index in [1.807, 2.05) is 0 Å². The molecule has 0 amide bonds. The van der Waals surface area contributed by atoms with Gasteiger partial charge in [-0.05, 0) is 56.6 Å². The van der Waals surface area contributed by atoms with Gasteiger partial charge < -0.3 is 4.55 Å². The van der Waals surface area contributed by atoms with E-state index in [0.29, 0.717) is 5.39 Å². The summed E-state index contributed by atoms with van der Waals surface area (Å²) in [5, 5.41) is 1.23. The number of hydrogen-bond donors (Lipinski definition) is 0. The summed E-state index contributed by atoms with van der Waals surface area (Å²) >= 11 is 0. The molecule has 0 aliphatic carbocycles. The molecule has 39 heavy (non-hydrogen) atoms. The lowest BCUT2D eigenvalue weighted by Gasteiger charge is -2.09. The van der Waals surface area contributed by atoms with Gasteiger partial charge in [0.25, 0.3) is 0 Å². The van der Waals surface area contributed by atoms with Crippen LogP contribution in [0.4, 0.5) is 0 Å². The number of fused-ring (bicyclic) bond motifs is 1. The molecular weight excluding hydrogens is 500 g/mol. The zero-order valence-electron chi connectivity index (χ0n) is 21.3. The third-order valence-corrected chi connectivity index (χ3v) is 7.44. The van der Waals surface area contributed by atoms with Crippen molar-refractivity contribution in [2.75, 3.05) is 0 Å². The highest BCUT2D eigenvalue weighted by Gasteiger charge is 2.05. The molecule has 0 unspecified atom stereocenters. The van der Waals surface area contributed by atoms with Crippen LogP contribution in [0.25, 0.3) is 33.0 Å². The minimum absolute atomic E-state index is 0.157. The van der Waals surface area contributed by atoms with Gasteiger partial charge in [-0.2, -0.15) is 0 Å². The fourth-order valence-corrected chi connectivity index (χ4v) is 5.24. The molecule has 0 aliphatic heterocycles. The second-order valence-electron chi connectivity index (χ2n) is 9.23. The van der Waals surface area contributed by atoms with Gasteiger partial charge in [0, 0.05) is 0 Å². The predicted molar refractivity (Wildman–Crippen MR) is 158 cm³/mol. The van der Waals surface area contributed by atoms with Gasteiger partial charge in [0.05, 0.1) is 4.90 Å². The molecule has 0 spiro atoms. The van der Waals surface area contributed by atoms with Crippen LogP contribution >= 0.6 is 0 Å². The van der Waals surface area contributed by atoms with Crippen molar-refractivity contribution in [3.8, 4) is 22.3 Å². The normalized spacial score (nSPS) is 11.0. The molecule has 0 heterocycles. The first-order chi connectivity index (χ1) is 19.0. The molecule has 0 saturated carbocycles. The van der Waals surface area contributed by atoms with Crippen LogP contribution in [0.3, 0.4) is 0 Å². The molecule has 0 fully saturated rings. The molecule has 0 N–H and O–H groups in total. The Morgan fingerprint density at radius 1 is 0.436 bits per heavy atom. The first-order valence-electron chi connectivity index (χ1n) is 12.7. The molecule has 0 atom stereocenters. The van der Waals surface area contributed by atoms with Gasteiger partial charge in [-0.3, -0.25) is 0 Å². The van der Waals surface area contributed by atoms with Gasteiger partial charge in [0.15, 0.2) is 0 Å². The Bertz CT molecular complexity index is 1670. The first-order valence-corrected chi connectivity index (χ1v) is 14.1. The zero-order chi connectivity index (χ0) is 27.1. The average Bonchev–Trinajstić information content (AvgIpc) is 2.98. The lowest BCUT2D eigenvalue weighted by atomic mass is 9.98. The Kier molecular flexibility index (Phi) is 7.97. The molecule has 4 heteroatoms. The van der Waals surface area contributed by atoms with Crippen LogP contribution in [0.5, 0.6) is 0 Å². The molecule has 0 saturated heterocycles. The minimum Gasteiger partial charge on any atom is -0.744 e.